The molecular weight excluding hydrogens is 235 g/mol. The highest BCUT2D eigenvalue weighted by Crippen LogP contribution is 2.32. The minimum absolute atomic E-state index is 0.119. The predicted molar refractivity (Wildman–Crippen MR) is 43.5 cm³/mol. The summed E-state index contributed by atoms with van der Waals surface area (Å²) in [7, 11) is 0. The number of benzene rings is 1. The maximum Gasteiger partial charge on any atom is 0.416 e. The van der Waals surface area contributed by atoms with Crippen LogP contribution in [0.2, 0.25) is 0 Å². The first-order valence-electron chi connectivity index (χ1n) is 3.95. The third-order valence-electron chi connectivity index (χ3n) is 1.62. The summed E-state index contributed by atoms with van der Waals surface area (Å²) in [4.78, 5) is 10.3. The Kier molecular flexibility index (Phi) is 3.46. The summed E-state index contributed by atoms with van der Waals surface area (Å²) in [5.74, 6) is -0.702. The fraction of sp³-hybridized carbons (Fsp3) is 0.222. The number of carbonyl (C=O) groups is 1. The van der Waals surface area contributed by atoms with E-state index < -0.39 is 24.1 Å². The highest BCUT2D eigenvalue weighted by Gasteiger charge is 2.31. The van der Waals surface area contributed by atoms with Gasteiger partial charge in [0.1, 0.15) is 12.0 Å². The highest BCUT2D eigenvalue weighted by molar-refractivity contribution is 5.76. The van der Waals surface area contributed by atoms with Crippen molar-refractivity contribution < 1.29 is 31.5 Å². The van der Waals surface area contributed by atoms with E-state index in [-0.39, 0.29) is 11.8 Å². The van der Waals surface area contributed by atoms with Crippen molar-refractivity contribution in [3.05, 3.63) is 29.3 Å². The molecule has 0 aliphatic carbocycles. The maximum absolute atomic E-state index is 12.3. The average molecular weight is 240 g/mol. The standard InChI is InChI=1S/C9H5F5O2/c10-8(11)16-7-2-5(4-15)1-6(3-7)9(12,13)14/h1-4,8H. The number of aldehydes is 1. The van der Waals surface area contributed by atoms with Crippen LogP contribution in [0.25, 0.3) is 0 Å². The fourth-order valence-corrected chi connectivity index (χ4v) is 1.02. The SMILES string of the molecule is O=Cc1cc(OC(F)F)cc(C(F)(F)F)c1. The number of hydrogen-bond acceptors (Lipinski definition) is 2. The zero-order valence-corrected chi connectivity index (χ0v) is 7.59. The van der Waals surface area contributed by atoms with E-state index in [9.17, 15) is 26.7 Å². The Hall–Kier alpha value is -1.66. The van der Waals surface area contributed by atoms with Gasteiger partial charge in [-0.05, 0) is 18.2 Å². The third-order valence-corrected chi connectivity index (χ3v) is 1.62. The highest BCUT2D eigenvalue weighted by atomic mass is 19.4. The number of carbonyl (C=O) groups excluding carboxylic acids is 1. The van der Waals surface area contributed by atoms with Gasteiger partial charge in [-0.1, -0.05) is 0 Å². The first kappa shape index (κ1) is 12.4. The molecule has 0 fully saturated rings. The quantitative estimate of drug-likeness (QED) is 0.599. The molecule has 16 heavy (non-hydrogen) atoms. The number of halogens is 5. The molecule has 0 unspecified atom stereocenters. The number of alkyl halides is 5. The zero-order valence-electron chi connectivity index (χ0n) is 7.59. The van der Waals surface area contributed by atoms with Gasteiger partial charge in [-0.25, -0.2) is 0 Å². The lowest BCUT2D eigenvalue weighted by Crippen LogP contribution is -2.08. The van der Waals surface area contributed by atoms with E-state index in [4.69, 9.17) is 0 Å². The van der Waals surface area contributed by atoms with Crippen molar-refractivity contribution in [3.8, 4) is 5.75 Å². The van der Waals surface area contributed by atoms with Gasteiger partial charge in [0.05, 0.1) is 5.56 Å². The molecule has 1 aromatic carbocycles. The van der Waals surface area contributed by atoms with Crippen LogP contribution in [0.15, 0.2) is 18.2 Å². The monoisotopic (exact) mass is 240 g/mol. The molecule has 0 saturated heterocycles. The van der Waals surface area contributed by atoms with Gasteiger partial charge in [0.25, 0.3) is 0 Å². The minimum atomic E-state index is -4.72. The second-order valence-electron chi connectivity index (χ2n) is 2.78. The van der Waals surface area contributed by atoms with Crippen molar-refractivity contribution in [2.45, 2.75) is 12.8 Å². The number of rotatable bonds is 3. The molecule has 1 rings (SSSR count). The Balaban J connectivity index is 3.16. The lowest BCUT2D eigenvalue weighted by atomic mass is 10.1. The van der Waals surface area contributed by atoms with Gasteiger partial charge >= 0.3 is 12.8 Å². The summed E-state index contributed by atoms with van der Waals surface area (Å²) in [6, 6.07) is 1.75. The molecular formula is C9H5F5O2. The summed E-state index contributed by atoms with van der Waals surface area (Å²) in [6.45, 7) is -3.25. The third kappa shape index (κ3) is 3.18. The Bertz CT molecular complexity index is 386. The molecule has 2 nitrogen and oxygen atoms in total. The molecule has 88 valence electrons. The second kappa shape index (κ2) is 4.46. The molecule has 0 radical (unpaired) electrons. The summed E-state index contributed by atoms with van der Waals surface area (Å²) in [5.41, 5.74) is -1.60. The topological polar surface area (TPSA) is 26.3 Å². The molecule has 0 aliphatic heterocycles. The normalized spacial score (nSPS) is 11.6. The van der Waals surface area contributed by atoms with E-state index in [1.807, 2.05) is 0 Å². The van der Waals surface area contributed by atoms with E-state index in [0.717, 1.165) is 6.07 Å². The van der Waals surface area contributed by atoms with Gasteiger partial charge in [-0.3, -0.25) is 4.79 Å². The molecule has 0 amide bonds. The van der Waals surface area contributed by atoms with Crippen LogP contribution in [-0.2, 0) is 6.18 Å². The Labute approximate surface area is 86.6 Å². The van der Waals surface area contributed by atoms with E-state index in [0.29, 0.717) is 12.1 Å². The molecule has 0 spiro atoms. The van der Waals surface area contributed by atoms with E-state index in [1.165, 1.54) is 0 Å². The zero-order chi connectivity index (χ0) is 12.3. The summed E-state index contributed by atoms with van der Waals surface area (Å²) in [5, 5.41) is 0. The van der Waals surface area contributed by atoms with Gasteiger partial charge in [0.15, 0.2) is 0 Å². The van der Waals surface area contributed by atoms with Crippen molar-refractivity contribution >= 4 is 6.29 Å². The van der Waals surface area contributed by atoms with Crippen molar-refractivity contribution in [1.29, 1.82) is 0 Å². The Morgan fingerprint density at radius 3 is 2.25 bits per heavy atom. The maximum atomic E-state index is 12.3. The van der Waals surface area contributed by atoms with Gasteiger partial charge < -0.3 is 4.74 Å². The number of hydrogen-bond donors (Lipinski definition) is 0. The lowest BCUT2D eigenvalue weighted by Gasteiger charge is -2.10. The van der Waals surface area contributed by atoms with Crippen molar-refractivity contribution in [2.75, 3.05) is 0 Å². The van der Waals surface area contributed by atoms with Crippen LogP contribution in [0.3, 0.4) is 0 Å². The molecule has 0 atom stereocenters. The van der Waals surface area contributed by atoms with Crippen molar-refractivity contribution in [2.24, 2.45) is 0 Å². The first-order valence-corrected chi connectivity index (χ1v) is 3.95. The summed E-state index contributed by atoms with van der Waals surface area (Å²) >= 11 is 0. The van der Waals surface area contributed by atoms with E-state index in [1.54, 1.807) is 0 Å². The molecule has 0 heterocycles. The second-order valence-corrected chi connectivity index (χ2v) is 2.78. The van der Waals surface area contributed by atoms with Crippen LogP contribution in [-0.4, -0.2) is 12.9 Å². The van der Waals surface area contributed by atoms with E-state index in [2.05, 4.69) is 4.74 Å². The van der Waals surface area contributed by atoms with Crippen LogP contribution >= 0.6 is 0 Å². The summed E-state index contributed by atoms with van der Waals surface area (Å²) < 4.78 is 64.2. The fourth-order valence-electron chi connectivity index (χ4n) is 1.02. The van der Waals surface area contributed by atoms with Crippen LogP contribution < -0.4 is 4.74 Å². The largest absolute Gasteiger partial charge is 0.435 e. The van der Waals surface area contributed by atoms with Crippen molar-refractivity contribution in [1.82, 2.24) is 0 Å². The van der Waals surface area contributed by atoms with Crippen LogP contribution in [0, 0.1) is 0 Å². The van der Waals surface area contributed by atoms with Gasteiger partial charge in [0.2, 0.25) is 0 Å². The summed E-state index contributed by atoms with van der Waals surface area (Å²) in [6.07, 6.45) is -4.60. The molecule has 0 aliphatic rings. The van der Waals surface area contributed by atoms with E-state index >= 15 is 0 Å². The molecule has 0 aromatic heterocycles. The molecule has 1 aromatic rings. The minimum Gasteiger partial charge on any atom is -0.435 e. The number of ether oxygens (including phenoxy) is 1. The van der Waals surface area contributed by atoms with Gasteiger partial charge in [-0.15, -0.1) is 0 Å². The Morgan fingerprint density at radius 2 is 1.81 bits per heavy atom. The molecule has 0 N–H and O–H groups in total. The average Bonchev–Trinajstić information content (AvgIpc) is 2.14. The smallest absolute Gasteiger partial charge is 0.416 e. The molecule has 0 saturated carbocycles. The lowest BCUT2D eigenvalue weighted by molar-refractivity contribution is -0.138. The van der Waals surface area contributed by atoms with Gasteiger partial charge in [-0.2, -0.15) is 22.0 Å². The van der Waals surface area contributed by atoms with Crippen molar-refractivity contribution in [3.63, 3.8) is 0 Å². The van der Waals surface area contributed by atoms with Crippen LogP contribution in [0.1, 0.15) is 15.9 Å². The van der Waals surface area contributed by atoms with Crippen LogP contribution in [0.4, 0.5) is 22.0 Å². The Morgan fingerprint density at radius 1 is 1.19 bits per heavy atom. The predicted octanol–water partition coefficient (Wildman–Crippen LogP) is 3.12. The van der Waals surface area contributed by atoms with Crippen LogP contribution in [0.5, 0.6) is 5.75 Å². The molecule has 7 heteroatoms. The molecule has 0 bridgehead atoms. The first-order chi connectivity index (χ1) is 7.32. The van der Waals surface area contributed by atoms with Gasteiger partial charge in [0, 0.05) is 5.56 Å².